The minimum Gasteiger partial charge on any atom is -0.506 e. The quantitative estimate of drug-likeness (QED) is 0.305. The van der Waals surface area contributed by atoms with Gasteiger partial charge < -0.3 is 31.5 Å². The molecule has 11 heteroatoms. The van der Waals surface area contributed by atoms with E-state index in [1.54, 1.807) is 43.3 Å². The first-order valence-electron chi connectivity index (χ1n) is 10.7. The number of aryl methyl sites for hydroxylation is 1. The van der Waals surface area contributed by atoms with Crippen LogP contribution in [0.15, 0.2) is 45.9 Å². The zero-order chi connectivity index (χ0) is 24.7. The number of halogens is 1. The fraction of sp³-hybridized carbons (Fsp3) is 0.304. The molecule has 0 saturated carbocycles. The normalized spacial score (nSPS) is 13.8. The van der Waals surface area contributed by atoms with Gasteiger partial charge in [0.15, 0.2) is 5.96 Å². The first-order valence-corrected chi connectivity index (χ1v) is 11.5. The molecule has 0 unspecified atom stereocenters. The maximum atomic E-state index is 12.6. The Morgan fingerprint density at radius 2 is 2.03 bits per heavy atom. The number of carbonyl (C=O) groups is 3. The van der Waals surface area contributed by atoms with Crippen LogP contribution >= 0.6 is 15.9 Å². The van der Waals surface area contributed by atoms with E-state index in [2.05, 4.69) is 42.2 Å². The molecule has 1 aliphatic heterocycles. The highest BCUT2D eigenvalue weighted by molar-refractivity contribution is 9.10. The van der Waals surface area contributed by atoms with Crippen LogP contribution in [-0.4, -0.2) is 53.6 Å². The summed E-state index contributed by atoms with van der Waals surface area (Å²) in [6.07, 6.45) is 0.526. The monoisotopic (exact) mass is 531 g/mol. The van der Waals surface area contributed by atoms with Crippen LogP contribution in [0.4, 0.5) is 5.69 Å². The Morgan fingerprint density at radius 1 is 1.24 bits per heavy atom. The molecule has 1 heterocycles. The summed E-state index contributed by atoms with van der Waals surface area (Å²) in [6.45, 7) is 2.97. The fourth-order valence-electron chi connectivity index (χ4n) is 3.44. The Balaban J connectivity index is 1.62. The highest BCUT2D eigenvalue weighted by Crippen LogP contribution is 2.34. The van der Waals surface area contributed by atoms with Crippen LogP contribution in [0.5, 0.6) is 5.75 Å². The number of carboxylic acids is 1. The number of carboxylic acid groups (broad SMARTS) is 1. The summed E-state index contributed by atoms with van der Waals surface area (Å²) in [5.41, 5.74) is 2.07. The average molecular weight is 532 g/mol. The van der Waals surface area contributed by atoms with Gasteiger partial charge >= 0.3 is 5.97 Å². The topological polar surface area (TPSA) is 152 Å². The number of aliphatic carboxylic acids is 1. The number of rotatable bonds is 8. The molecular formula is C23H26BrN5O5. The second-order valence-electron chi connectivity index (χ2n) is 7.80. The van der Waals surface area contributed by atoms with Gasteiger partial charge in [-0.05, 0) is 59.1 Å². The Hall–Kier alpha value is -3.60. The highest BCUT2D eigenvalue weighted by Gasteiger charge is 2.23. The lowest BCUT2D eigenvalue weighted by molar-refractivity contribution is -0.137. The van der Waals surface area contributed by atoms with Crippen molar-refractivity contribution in [3.8, 4) is 5.75 Å². The predicted molar refractivity (Wildman–Crippen MR) is 131 cm³/mol. The largest absolute Gasteiger partial charge is 0.506 e. The van der Waals surface area contributed by atoms with Crippen LogP contribution in [0.25, 0.3) is 0 Å². The number of anilines is 1. The molecule has 180 valence electrons. The number of aromatic hydroxyl groups is 1. The van der Waals surface area contributed by atoms with Crippen molar-refractivity contribution in [3.05, 3.63) is 57.6 Å². The van der Waals surface area contributed by atoms with Crippen molar-refractivity contribution in [2.24, 2.45) is 4.99 Å². The lowest BCUT2D eigenvalue weighted by Crippen LogP contribution is -2.39. The van der Waals surface area contributed by atoms with E-state index in [-0.39, 0.29) is 17.9 Å². The standard InChI is InChI=1S/C23H26BrN5O5/c1-13-8-16(21(33)17(24)9-13)18(11-20(31)32)29-19(30)12-27-22(34)14-4-2-5-15(10-14)28-23-25-6-3-7-26-23/h2,4-5,8-10,18,33H,3,6-7,11-12H2,1H3,(H,27,34)(H,29,30)(H,31,32)(H2,25,26,28)/t18-/m1/s1. The zero-order valence-corrected chi connectivity index (χ0v) is 20.1. The highest BCUT2D eigenvalue weighted by atomic mass is 79.9. The van der Waals surface area contributed by atoms with Gasteiger partial charge in [0.25, 0.3) is 5.91 Å². The van der Waals surface area contributed by atoms with Gasteiger partial charge in [-0.1, -0.05) is 12.1 Å². The maximum absolute atomic E-state index is 12.6. The van der Waals surface area contributed by atoms with Gasteiger partial charge in [0, 0.05) is 29.9 Å². The van der Waals surface area contributed by atoms with Gasteiger partial charge in [-0.15, -0.1) is 0 Å². The predicted octanol–water partition coefficient (Wildman–Crippen LogP) is 2.29. The number of amides is 2. The number of hydrogen-bond acceptors (Lipinski definition) is 7. The van der Waals surface area contributed by atoms with Gasteiger partial charge in [-0.25, -0.2) is 0 Å². The summed E-state index contributed by atoms with van der Waals surface area (Å²) in [6, 6.07) is 9.07. The third kappa shape index (κ3) is 6.95. The number of carbonyl (C=O) groups excluding carboxylic acids is 2. The van der Waals surface area contributed by atoms with Crippen LogP contribution < -0.4 is 21.3 Å². The van der Waals surface area contributed by atoms with E-state index >= 15 is 0 Å². The summed E-state index contributed by atoms with van der Waals surface area (Å²) >= 11 is 3.23. The minimum absolute atomic E-state index is 0.150. The van der Waals surface area contributed by atoms with Crippen LogP contribution in [0.2, 0.25) is 0 Å². The first kappa shape index (κ1) is 25.0. The molecule has 0 aromatic heterocycles. The Morgan fingerprint density at radius 3 is 2.74 bits per heavy atom. The molecule has 2 aromatic carbocycles. The number of benzene rings is 2. The zero-order valence-electron chi connectivity index (χ0n) is 18.5. The number of phenols is 1. The van der Waals surface area contributed by atoms with E-state index < -0.39 is 30.2 Å². The second-order valence-corrected chi connectivity index (χ2v) is 8.66. The molecule has 0 spiro atoms. The smallest absolute Gasteiger partial charge is 0.305 e. The van der Waals surface area contributed by atoms with Crippen LogP contribution in [0.3, 0.4) is 0 Å². The Bertz CT molecular complexity index is 1120. The van der Waals surface area contributed by atoms with Gasteiger partial charge in [0.05, 0.1) is 23.5 Å². The molecule has 10 nitrogen and oxygen atoms in total. The summed E-state index contributed by atoms with van der Waals surface area (Å²) < 4.78 is 0.392. The summed E-state index contributed by atoms with van der Waals surface area (Å²) in [7, 11) is 0. The fourth-order valence-corrected chi connectivity index (χ4v) is 4.03. The molecule has 1 aliphatic rings. The molecule has 0 radical (unpaired) electrons. The average Bonchev–Trinajstić information content (AvgIpc) is 2.80. The number of phenolic OH excluding ortho intramolecular Hbond substituents is 1. The van der Waals surface area contributed by atoms with E-state index in [1.807, 2.05) is 0 Å². The molecule has 0 bridgehead atoms. The first-order chi connectivity index (χ1) is 16.2. The van der Waals surface area contributed by atoms with Crippen molar-refractivity contribution in [1.29, 1.82) is 0 Å². The van der Waals surface area contributed by atoms with Crippen molar-refractivity contribution in [2.45, 2.75) is 25.8 Å². The molecule has 3 rings (SSSR count). The van der Waals surface area contributed by atoms with Crippen molar-refractivity contribution in [2.75, 3.05) is 25.0 Å². The number of nitrogens with zero attached hydrogens (tertiary/aromatic N) is 1. The molecule has 0 saturated heterocycles. The number of aliphatic imine (C=N–C) groups is 1. The minimum atomic E-state index is -1.15. The van der Waals surface area contributed by atoms with Crippen molar-refractivity contribution >= 4 is 45.4 Å². The van der Waals surface area contributed by atoms with E-state index in [0.29, 0.717) is 21.7 Å². The number of nitrogens with one attached hydrogen (secondary N) is 4. The second kappa shape index (κ2) is 11.5. The van der Waals surface area contributed by atoms with E-state index in [9.17, 15) is 24.6 Å². The van der Waals surface area contributed by atoms with Crippen molar-refractivity contribution in [1.82, 2.24) is 16.0 Å². The molecule has 34 heavy (non-hydrogen) atoms. The SMILES string of the molecule is Cc1cc(Br)c(O)c([C@@H](CC(=O)O)NC(=O)CNC(=O)c2cccc(NC3=NCCCN3)c2)c1. The summed E-state index contributed by atoms with van der Waals surface area (Å²) in [5, 5.41) is 31.0. The van der Waals surface area contributed by atoms with E-state index in [0.717, 1.165) is 25.1 Å². The van der Waals surface area contributed by atoms with E-state index in [4.69, 9.17) is 0 Å². The van der Waals surface area contributed by atoms with Crippen molar-refractivity contribution < 1.29 is 24.6 Å². The van der Waals surface area contributed by atoms with Crippen LogP contribution in [0, 0.1) is 6.92 Å². The van der Waals surface area contributed by atoms with Crippen LogP contribution in [-0.2, 0) is 9.59 Å². The van der Waals surface area contributed by atoms with Gasteiger partial charge in [0.2, 0.25) is 5.91 Å². The van der Waals surface area contributed by atoms with Crippen LogP contribution in [0.1, 0.15) is 40.4 Å². The number of guanidine groups is 1. The van der Waals surface area contributed by atoms with Crippen molar-refractivity contribution in [3.63, 3.8) is 0 Å². The molecule has 0 fully saturated rings. The maximum Gasteiger partial charge on any atom is 0.305 e. The Kier molecular flexibility index (Phi) is 8.47. The molecule has 6 N–H and O–H groups in total. The third-order valence-corrected chi connectivity index (χ3v) is 5.63. The Labute approximate surface area is 205 Å². The summed E-state index contributed by atoms with van der Waals surface area (Å²) in [4.78, 5) is 40.7. The van der Waals surface area contributed by atoms with Gasteiger partial charge in [0.1, 0.15) is 5.75 Å². The third-order valence-electron chi connectivity index (χ3n) is 5.02. The lowest BCUT2D eigenvalue weighted by Gasteiger charge is -2.20. The molecule has 0 aliphatic carbocycles. The molecule has 2 amide bonds. The lowest BCUT2D eigenvalue weighted by atomic mass is 10.0. The van der Waals surface area contributed by atoms with Gasteiger partial charge in [-0.2, -0.15) is 0 Å². The summed E-state index contributed by atoms with van der Waals surface area (Å²) in [5.74, 6) is -1.71. The number of hydrogen-bond donors (Lipinski definition) is 6. The van der Waals surface area contributed by atoms with E-state index in [1.165, 1.54) is 0 Å². The molecular weight excluding hydrogens is 506 g/mol. The molecule has 1 atom stereocenters. The molecule has 2 aromatic rings. The van der Waals surface area contributed by atoms with Gasteiger partial charge in [-0.3, -0.25) is 19.4 Å².